The van der Waals surface area contributed by atoms with Crippen LogP contribution in [0.15, 0.2) is 41.3 Å². The van der Waals surface area contributed by atoms with Crippen LogP contribution in [-0.4, -0.2) is 27.2 Å². The van der Waals surface area contributed by atoms with E-state index in [2.05, 4.69) is 22.2 Å². The molecular weight excluding hydrogens is 354 g/mol. The van der Waals surface area contributed by atoms with Crippen molar-refractivity contribution in [1.82, 2.24) is 14.6 Å². The molecule has 1 N–H and O–H groups in total. The normalized spacial score (nSPS) is 15.0. The Labute approximate surface area is 163 Å². The molecule has 0 amide bonds. The zero-order chi connectivity index (χ0) is 19.5. The number of H-pyrrole nitrogens is 1. The molecule has 0 spiro atoms. The average Bonchev–Trinajstić information content (AvgIpc) is 3.17. The van der Waals surface area contributed by atoms with E-state index in [4.69, 9.17) is 4.74 Å². The molecule has 2 aromatic heterocycles. The van der Waals surface area contributed by atoms with E-state index in [1.54, 1.807) is 0 Å². The van der Waals surface area contributed by atoms with Gasteiger partial charge in [-0.1, -0.05) is 50.5 Å². The Morgan fingerprint density at radius 1 is 1.21 bits per heavy atom. The highest BCUT2D eigenvalue weighted by Gasteiger charge is 2.18. The third-order valence-corrected chi connectivity index (χ3v) is 5.45. The standard InChI is InChI=1S/C22H25N3O3/c1-2-12-28-22(27)18-14-23-25-20(26)13-19(24-21(18)25)17-10-8-16(9-11-17)15-6-4-3-5-7-15/h8-11,13-15,24H,2-7,12H2,1H3. The van der Waals surface area contributed by atoms with Crippen LogP contribution in [0.25, 0.3) is 16.9 Å². The van der Waals surface area contributed by atoms with Crippen LogP contribution in [0, 0.1) is 0 Å². The highest BCUT2D eigenvalue weighted by molar-refractivity contribution is 5.95. The van der Waals surface area contributed by atoms with Crippen LogP contribution in [0.4, 0.5) is 0 Å². The van der Waals surface area contributed by atoms with Gasteiger partial charge < -0.3 is 9.72 Å². The van der Waals surface area contributed by atoms with Gasteiger partial charge in [-0.05, 0) is 36.3 Å². The summed E-state index contributed by atoms with van der Waals surface area (Å²) in [5.74, 6) is 0.163. The fourth-order valence-corrected chi connectivity index (χ4v) is 3.93. The number of aromatic amines is 1. The Hall–Kier alpha value is -2.89. The predicted octanol–water partition coefficient (Wildman–Crippen LogP) is 4.30. The van der Waals surface area contributed by atoms with Gasteiger partial charge in [0, 0.05) is 6.07 Å². The van der Waals surface area contributed by atoms with Crippen molar-refractivity contribution in [2.45, 2.75) is 51.4 Å². The number of ether oxygens (including phenoxy) is 1. The summed E-state index contributed by atoms with van der Waals surface area (Å²) in [7, 11) is 0. The van der Waals surface area contributed by atoms with E-state index in [1.807, 2.05) is 19.1 Å². The largest absolute Gasteiger partial charge is 0.462 e. The van der Waals surface area contributed by atoms with Crippen LogP contribution in [-0.2, 0) is 4.74 Å². The maximum absolute atomic E-state index is 12.5. The van der Waals surface area contributed by atoms with Crippen molar-refractivity contribution in [1.29, 1.82) is 0 Å². The molecule has 6 heteroatoms. The minimum absolute atomic E-state index is 0.270. The molecule has 1 aliphatic rings. The van der Waals surface area contributed by atoms with E-state index >= 15 is 0 Å². The maximum atomic E-state index is 12.5. The van der Waals surface area contributed by atoms with Gasteiger partial charge >= 0.3 is 5.97 Å². The fraction of sp³-hybridized carbons (Fsp3) is 0.409. The van der Waals surface area contributed by atoms with Crippen LogP contribution in [0.5, 0.6) is 0 Å². The van der Waals surface area contributed by atoms with Gasteiger partial charge in [-0.2, -0.15) is 9.61 Å². The van der Waals surface area contributed by atoms with Crippen molar-refractivity contribution in [3.8, 4) is 11.3 Å². The predicted molar refractivity (Wildman–Crippen MR) is 108 cm³/mol. The summed E-state index contributed by atoms with van der Waals surface area (Å²) in [6.45, 7) is 2.27. The molecule has 146 valence electrons. The second kappa shape index (κ2) is 8.00. The quantitative estimate of drug-likeness (QED) is 0.671. The molecule has 1 saturated carbocycles. The number of hydrogen-bond donors (Lipinski definition) is 1. The van der Waals surface area contributed by atoms with Crippen molar-refractivity contribution in [2.75, 3.05) is 6.61 Å². The molecule has 0 atom stereocenters. The molecule has 1 fully saturated rings. The van der Waals surface area contributed by atoms with Crippen LogP contribution in [0.1, 0.15) is 67.3 Å². The molecule has 6 nitrogen and oxygen atoms in total. The Kier molecular flexibility index (Phi) is 5.28. The number of hydrogen-bond acceptors (Lipinski definition) is 4. The number of rotatable bonds is 5. The fourth-order valence-electron chi connectivity index (χ4n) is 3.93. The Balaban J connectivity index is 1.66. The highest BCUT2D eigenvalue weighted by Crippen LogP contribution is 2.33. The number of nitrogens with zero attached hydrogens (tertiary/aromatic N) is 2. The van der Waals surface area contributed by atoms with Crippen LogP contribution >= 0.6 is 0 Å². The summed E-state index contributed by atoms with van der Waals surface area (Å²) in [6, 6.07) is 9.90. The zero-order valence-electron chi connectivity index (χ0n) is 16.1. The van der Waals surface area contributed by atoms with Crippen molar-refractivity contribution >= 4 is 11.6 Å². The lowest BCUT2D eigenvalue weighted by molar-refractivity contribution is 0.0507. The number of carbonyl (C=O) groups excluding carboxylic acids is 1. The van der Waals surface area contributed by atoms with E-state index in [0.717, 1.165) is 12.0 Å². The van der Waals surface area contributed by atoms with Crippen LogP contribution in [0.3, 0.4) is 0 Å². The van der Waals surface area contributed by atoms with Crippen molar-refractivity contribution in [3.05, 3.63) is 58.0 Å². The Morgan fingerprint density at radius 2 is 1.96 bits per heavy atom. The van der Waals surface area contributed by atoms with Gasteiger partial charge in [0.05, 0.1) is 18.5 Å². The summed E-state index contributed by atoms with van der Waals surface area (Å²) < 4.78 is 6.39. The van der Waals surface area contributed by atoms with Gasteiger partial charge in [-0.15, -0.1) is 0 Å². The number of aromatic nitrogens is 3. The molecule has 1 aliphatic carbocycles. The molecule has 0 unspecified atom stereocenters. The SMILES string of the molecule is CCCOC(=O)c1cnn2c(=O)cc(-c3ccc(C4CCCCC4)cc3)[nH]c12. The number of benzene rings is 1. The van der Waals surface area contributed by atoms with Gasteiger partial charge in [-0.25, -0.2) is 4.79 Å². The third kappa shape index (κ3) is 3.59. The first-order valence-electron chi connectivity index (χ1n) is 10.1. The molecular formula is C22H25N3O3. The molecule has 2 heterocycles. The van der Waals surface area contributed by atoms with Gasteiger partial charge in [0.2, 0.25) is 0 Å². The summed E-state index contributed by atoms with van der Waals surface area (Å²) in [6.07, 6.45) is 8.55. The number of fused-ring (bicyclic) bond motifs is 1. The molecule has 0 radical (unpaired) electrons. The second-order valence-corrected chi connectivity index (χ2v) is 7.43. The first-order chi connectivity index (χ1) is 13.7. The van der Waals surface area contributed by atoms with Crippen molar-refractivity contribution in [2.24, 2.45) is 0 Å². The van der Waals surface area contributed by atoms with E-state index in [-0.39, 0.29) is 11.1 Å². The first-order valence-corrected chi connectivity index (χ1v) is 10.1. The van der Waals surface area contributed by atoms with E-state index in [9.17, 15) is 9.59 Å². The van der Waals surface area contributed by atoms with Gasteiger partial charge in [0.1, 0.15) is 5.56 Å². The van der Waals surface area contributed by atoms with Crippen LogP contribution in [0.2, 0.25) is 0 Å². The summed E-state index contributed by atoms with van der Waals surface area (Å²) in [5.41, 5.74) is 3.28. The van der Waals surface area contributed by atoms with Gasteiger partial charge in [0.15, 0.2) is 5.65 Å². The lowest BCUT2D eigenvalue weighted by Crippen LogP contribution is -2.15. The summed E-state index contributed by atoms with van der Waals surface area (Å²) in [5, 5.41) is 4.03. The van der Waals surface area contributed by atoms with Crippen molar-refractivity contribution in [3.63, 3.8) is 0 Å². The molecule has 1 aromatic carbocycles. The number of carbonyl (C=O) groups is 1. The third-order valence-electron chi connectivity index (χ3n) is 5.45. The average molecular weight is 379 g/mol. The van der Waals surface area contributed by atoms with Crippen molar-refractivity contribution < 1.29 is 9.53 Å². The molecule has 0 saturated heterocycles. The zero-order valence-corrected chi connectivity index (χ0v) is 16.1. The molecule has 3 aromatic rings. The molecule has 0 aliphatic heterocycles. The lowest BCUT2D eigenvalue weighted by Gasteiger charge is -2.22. The van der Waals surface area contributed by atoms with Gasteiger partial charge in [0.25, 0.3) is 5.56 Å². The van der Waals surface area contributed by atoms with Crippen LogP contribution < -0.4 is 5.56 Å². The Morgan fingerprint density at radius 3 is 2.68 bits per heavy atom. The van der Waals surface area contributed by atoms with E-state index < -0.39 is 5.97 Å². The smallest absolute Gasteiger partial charge is 0.343 e. The van der Waals surface area contributed by atoms with E-state index in [1.165, 1.54) is 54.4 Å². The minimum atomic E-state index is -0.475. The number of esters is 1. The van der Waals surface area contributed by atoms with E-state index in [0.29, 0.717) is 23.9 Å². The summed E-state index contributed by atoms with van der Waals surface area (Å²) in [4.78, 5) is 27.9. The summed E-state index contributed by atoms with van der Waals surface area (Å²) >= 11 is 0. The molecule has 0 bridgehead atoms. The minimum Gasteiger partial charge on any atom is -0.462 e. The highest BCUT2D eigenvalue weighted by atomic mass is 16.5. The monoisotopic (exact) mass is 379 g/mol. The lowest BCUT2D eigenvalue weighted by atomic mass is 9.84. The topological polar surface area (TPSA) is 76.5 Å². The van der Waals surface area contributed by atoms with Gasteiger partial charge in [-0.3, -0.25) is 4.79 Å². The number of nitrogens with one attached hydrogen (secondary N) is 1. The maximum Gasteiger partial charge on any atom is 0.343 e. The second-order valence-electron chi connectivity index (χ2n) is 7.43. The first kappa shape index (κ1) is 18.5. The Bertz CT molecular complexity index is 1030. The molecule has 28 heavy (non-hydrogen) atoms. The molecule has 4 rings (SSSR count).